The SMILES string of the molecule is COCCC(C)NC(=O)c1c2c(nc3ccccc13)CCC(C)C2. The first-order valence-corrected chi connectivity index (χ1v) is 8.80. The van der Waals surface area contributed by atoms with Gasteiger partial charge in [0, 0.05) is 30.8 Å². The number of carbonyl (C=O) groups excluding carboxylic acids is 1. The molecular formula is C20H26N2O2. The number of hydrogen-bond donors (Lipinski definition) is 1. The van der Waals surface area contributed by atoms with Crippen LogP contribution in [-0.2, 0) is 17.6 Å². The molecule has 1 aromatic carbocycles. The normalized spacial score (nSPS) is 18.2. The summed E-state index contributed by atoms with van der Waals surface area (Å²) in [5.74, 6) is 0.612. The molecule has 2 unspecified atom stereocenters. The average molecular weight is 326 g/mol. The molecule has 2 atom stereocenters. The van der Waals surface area contributed by atoms with Crippen molar-refractivity contribution in [3.05, 3.63) is 41.1 Å². The van der Waals surface area contributed by atoms with Crippen molar-refractivity contribution in [2.75, 3.05) is 13.7 Å². The fraction of sp³-hybridized carbons (Fsp3) is 0.500. The van der Waals surface area contributed by atoms with Crippen molar-refractivity contribution in [3.63, 3.8) is 0 Å². The minimum atomic E-state index is 0.0163. The quantitative estimate of drug-likeness (QED) is 0.915. The van der Waals surface area contributed by atoms with Crippen molar-refractivity contribution in [1.29, 1.82) is 0 Å². The van der Waals surface area contributed by atoms with E-state index in [0.717, 1.165) is 53.4 Å². The fourth-order valence-corrected chi connectivity index (χ4v) is 3.48. The van der Waals surface area contributed by atoms with Crippen molar-refractivity contribution in [3.8, 4) is 0 Å². The molecule has 0 spiro atoms. The van der Waals surface area contributed by atoms with Crippen LogP contribution in [0, 0.1) is 5.92 Å². The number of carbonyl (C=O) groups is 1. The molecule has 1 heterocycles. The summed E-state index contributed by atoms with van der Waals surface area (Å²) in [7, 11) is 1.68. The highest BCUT2D eigenvalue weighted by molar-refractivity contribution is 6.07. The van der Waals surface area contributed by atoms with Gasteiger partial charge in [0.05, 0.1) is 11.1 Å². The number of fused-ring (bicyclic) bond motifs is 2. The van der Waals surface area contributed by atoms with Gasteiger partial charge < -0.3 is 10.1 Å². The Balaban J connectivity index is 2.01. The molecule has 1 aliphatic rings. The smallest absolute Gasteiger partial charge is 0.252 e. The summed E-state index contributed by atoms with van der Waals surface area (Å²) in [4.78, 5) is 17.9. The number of aromatic nitrogens is 1. The molecule has 0 saturated heterocycles. The van der Waals surface area contributed by atoms with E-state index < -0.39 is 0 Å². The van der Waals surface area contributed by atoms with Gasteiger partial charge in [0.25, 0.3) is 5.91 Å². The lowest BCUT2D eigenvalue weighted by Crippen LogP contribution is -2.35. The highest BCUT2D eigenvalue weighted by Gasteiger charge is 2.25. The predicted molar refractivity (Wildman–Crippen MR) is 96.4 cm³/mol. The van der Waals surface area contributed by atoms with Gasteiger partial charge in [-0.15, -0.1) is 0 Å². The standard InChI is InChI=1S/C20H26N2O2/c1-13-8-9-18-16(12-13)19(15-6-4-5-7-17(15)22-18)20(23)21-14(2)10-11-24-3/h4-7,13-14H,8-12H2,1-3H3,(H,21,23). The summed E-state index contributed by atoms with van der Waals surface area (Å²) in [5, 5.41) is 4.10. The molecule has 0 fully saturated rings. The Morgan fingerprint density at radius 3 is 3.00 bits per heavy atom. The number of benzene rings is 1. The molecule has 1 N–H and O–H groups in total. The van der Waals surface area contributed by atoms with Crippen LogP contribution in [0.25, 0.3) is 10.9 Å². The maximum absolute atomic E-state index is 13.0. The lowest BCUT2D eigenvalue weighted by atomic mass is 9.84. The second-order valence-electron chi connectivity index (χ2n) is 6.93. The Labute approximate surface area is 143 Å². The van der Waals surface area contributed by atoms with Gasteiger partial charge in [0.2, 0.25) is 0 Å². The molecule has 1 amide bonds. The van der Waals surface area contributed by atoms with Crippen molar-refractivity contribution < 1.29 is 9.53 Å². The molecule has 4 nitrogen and oxygen atoms in total. The summed E-state index contributed by atoms with van der Waals surface area (Å²) >= 11 is 0. The number of nitrogens with one attached hydrogen (secondary N) is 1. The first-order chi connectivity index (χ1) is 11.6. The van der Waals surface area contributed by atoms with Crippen molar-refractivity contribution >= 4 is 16.8 Å². The zero-order valence-electron chi connectivity index (χ0n) is 14.8. The van der Waals surface area contributed by atoms with E-state index >= 15 is 0 Å². The van der Waals surface area contributed by atoms with Crippen LogP contribution in [0.2, 0.25) is 0 Å². The topological polar surface area (TPSA) is 51.2 Å². The Bertz CT molecular complexity index is 742. The number of rotatable bonds is 5. The van der Waals surface area contributed by atoms with Gasteiger partial charge in [-0.1, -0.05) is 25.1 Å². The number of amides is 1. The number of hydrogen-bond acceptors (Lipinski definition) is 3. The first-order valence-electron chi connectivity index (χ1n) is 8.80. The van der Waals surface area contributed by atoms with E-state index in [1.165, 1.54) is 0 Å². The van der Waals surface area contributed by atoms with Crippen molar-refractivity contribution in [2.24, 2.45) is 5.92 Å². The van der Waals surface area contributed by atoms with E-state index in [1.807, 2.05) is 31.2 Å². The van der Waals surface area contributed by atoms with Crippen molar-refractivity contribution in [1.82, 2.24) is 10.3 Å². The third kappa shape index (κ3) is 3.44. The van der Waals surface area contributed by atoms with Crippen LogP contribution >= 0.6 is 0 Å². The third-order valence-corrected chi connectivity index (χ3v) is 4.86. The van der Waals surface area contributed by atoms with Crippen LogP contribution in [0.15, 0.2) is 24.3 Å². The van der Waals surface area contributed by atoms with E-state index in [9.17, 15) is 4.79 Å². The molecule has 0 saturated carbocycles. The average Bonchev–Trinajstić information content (AvgIpc) is 2.57. The molecule has 3 rings (SSSR count). The minimum Gasteiger partial charge on any atom is -0.385 e. The Morgan fingerprint density at radius 1 is 1.42 bits per heavy atom. The summed E-state index contributed by atoms with van der Waals surface area (Å²) < 4.78 is 5.11. The highest BCUT2D eigenvalue weighted by atomic mass is 16.5. The summed E-state index contributed by atoms with van der Waals surface area (Å²) in [5.41, 5.74) is 3.98. The van der Waals surface area contributed by atoms with E-state index in [4.69, 9.17) is 9.72 Å². The lowest BCUT2D eigenvalue weighted by Gasteiger charge is -2.25. The largest absolute Gasteiger partial charge is 0.385 e. The van der Waals surface area contributed by atoms with E-state index in [0.29, 0.717) is 12.5 Å². The minimum absolute atomic E-state index is 0.0163. The van der Waals surface area contributed by atoms with E-state index in [-0.39, 0.29) is 11.9 Å². The Morgan fingerprint density at radius 2 is 2.21 bits per heavy atom. The molecule has 4 heteroatoms. The molecule has 0 bridgehead atoms. The molecule has 0 radical (unpaired) electrons. The molecule has 1 aliphatic carbocycles. The van der Waals surface area contributed by atoms with Crippen LogP contribution in [-0.4, -0.2) is 30.6 Å². The van der Waals surface area contributed by atoms with Gasteiger partial charge in [0.1, 0.15) is 0 Å². The number of para-hydroxylation sites is 1. The van der Waals surface area contributed by atoms with Crippen LogP contribution in [0.4, 0.5) is 0 Å². The number of pyridine rings is 1. The molecule has 2 aromatic rings. The summed E-state index contributed by atoms with van der Waals surface area (Å²) in [6.07, 6.45) is 3.84. The van der Waals surface area contributed by atoms with Gasteiger partial charge in [-0.05, 0) is 50.2 Å². The van der Waals surface area contributed by atoms with Gasteiger partial charge in [-0.3, -0.25) is 9.78 Å². The first kappa shape index (κ1) is 16.9. The molecule has 128 valence electrons. The van der Waals surface area contributed by atoms with Gasteiger partial charge in [-0.25, -0.2) is 0 Å². The molecular weight excluding hydrogens is 300 g/mol. The fourth-order valence-electron chi connectivity index (χ4n) is 3.48. The van der Waals surface area contributed by atoms with Gasteiger partial charge >= 0.3 is 0 Å². The molecule has 24 heavy (non-hydrogen) atoms. The number of aryl methyl sites for hydroxylation is 1. The lowest BCUT2D eigenvalue weighted by molar-refractivity contribution is 0.0929. The van der Waals surface area contributed by atoms with Crippen molar-refractivity contribution in [2.45, 2.75) is 45.6 Å². The summed E-state index contributed by atoms with van der Waals surface area (Å²) in [6.45, 7) is 4.92. The zero-order chi connectivity index (χ0) is 17.1. The van der Waals surface area contributed by atoms with Gasteiger partial charge in [-0.2, -0.15) is 0 Å². The van der Waals surface area contributed by atoms with Crippen LogP contribution in [0.5, 0.6) is 0 Å². The predicted octanol–water partition coefficient (Wildman–Crippen LogP) is 3.51. The van der Waals surface area contributed by atoms with Crippen LogP contribution in [0.1, 0.15) is 48.3 Å². The van der Waals surface area contributed by atoms with E-state index in [2.05, 4.69) is 12.2 Å². The second kappa shape index (κ2) is 7.31. The van der Waals surface area contributed by atoms with E-state index in [1.54, 1.807) is 7.11 Å². The molecule has 0 aliphatic heterocycles. The summed E-state index contributed by atoms with van der Waals surface area (Å²) in [6, 6.07) is 8.06. The number of methoxy groups -OCH3 is 1. The van der Waals surface area contributed by atoms with Crippen LogP contribution < -0.4 is 5.32 Å². The second-order valence-corrected chi connectivity index (χ2v) is 6.93. The molecule has 1 aromatic heterocycles. The maximum Gasteiger partial charge on any atom is 0.252 e. The monoisotopic (exact) mass is 326 g/mol. The van der Waals surface area contributed by atoms with Gasteiger partial charge in [0.15, 0.2) is 0 Å². The Hall–Kier alpha value is -1.94. The highest BCUT2D eigenvalue weighted by Crippen LogP contribution is 2.31. The third-order valence-electron chi connectivity index (χ3n) is 4.86. The maximum atomic E-state index is 13.0. The number of nitrogens with zero attached hydrogens (tertiary/aromatic N) is 1. The Kier molecular flexibility index (Phi) is 5.14. The van der Waals surface area contributed by atoms with Crippen LogP contribution in [0.3, 0.4) is 0 Å². The number of ether oxygens (including phenoxy) is 1. The zero-order valence-corrected chi connectivity index (χ0v) is 14.8.